The highest BCUT2D eigenvalue weighted by Gasteiger charge is 2.15. The summed E-state index contributed by atoms with van der Waals surface area (Å²) in [5.74, 6) is 0. The Morgan fingerprint density at radius 2 is 0.583 bits per heavy atom. The van der Waals surface area contributed by atoms with Crippen LogP contribution in [0, 0.1) is 0 Å². The molecule has 5 aromatic rings. The Morgan fingerprint density at radius 3 is 0.833 bits per heavy atom. The van der Waals surface area contributed by atoms with Gasteiger partial charge in [-0.1, -0.05) is 48.5 Å². The molecule has 0 fully saturated rings. The molecule has 100 valence electrons. The maximum Gasteiger partial charge on any atom is 0.176 e. The number of hydrogen-bond acceptors (Lipinski definition) is 0. The smallest absolute Gasteiger partial charge is 0.133 e. The van der Waals surface area contributed by atoms with Gasteiger partial charge in [-0.15, -0.1) is 17.7 Å². The van der Waals surface area contributed by atoms with E-state index in [-0.39, 0.29) is 0 Å². The average Bonchev–Trinajstić information content (AvgIpc) is 2.57. The number of rotatable bonds is 0. The standard InChI is InChI=1S/C20H8.4Al/c1-5-13-6-2-11-17-18-12-4-8-14-7-3-10-16(20(14)18)15(9-1)19(13)17;;;;/h1-4,9-12H;;;;. The molecule has 0 aliphatic carbocycles. The van der Waals surface area contributed by atoms with Crippen LogP contribution in [-0.4, -0.2) is 65.2 Å². The van der Waals surface area contributed by atoms with Gasteiger partial charge in [-0.3, -0.25) is 0 Å². The van der Waals surface area contributed by atoms with Crippen molar-refractivity contribution < 1.29 is 0 Å². The van der Waals surface area contributed by atoms with Crippen LogP contribution in [0.3, 0.4) is 0 Å². The Bertz CT molecular complexity index is 1090. The quantitative estimate of drug-likeness (QED) is 0.220. The van der Waals surface area contributed by atoms with E-state index in [1.54, 1.807) is 0 Å². The first-order chi connectivity index (χ1) is 11.6. The second-order valence-corrected chi connectivity index (χ2v) is 8.80. The van der Waals surface area contributed by atoms with Crippen molar-refractivity contribution in [2.75, 3.05) is 0 Å². The third-order valence-corrected chi connectivity index (χ3v) is 6.96. The fourth-order valence-electron chi connectivity index (χ4n) is 4.00. The summed E-state index contributed by atoms with van der Waals surface area (Å²) in [5.41, 5.74) is 0. The van der Waals surface area contributed by atoms with Crippen molar-refractivity contribution in [1.82, 2.24) is 0 Å². The Hall–Kier alpha value is -0.470. The molecule has 0 bridgehead atoms. The molecule has 0 unspecified atom stereocenters. The van der Waals surface area contributed by atoms with Gasteiger partial charge in [0.15, 0.2) is 65.2 Å². The van der Waals surface area contributed by atoms with E-state index in [4.69, 9.17) is 0 Å². The van der Waals surface area contributed by atoms with Crippen LogP contribution in [0.5, 0.6) is 0 Å². The van der Waals surface area contributed by atoms with E-state index in [2.05, 4.69) is 114 Å². The summed E-state index contributed by atoms with van der Waals surface area (Å²) in [7, 11) is 0. The fourth-order valence-corrected chi connectivity index (χ4v) is 5.96. The number of hydrogen-bond donors (Lipinski definition) is 0. The minimum absolute atomic E-state index is 1.26. The van der Waals surface area contributed by atoms with Gasteiger partial charge in [0.05, 0.1) is 0 Å². The van der Waals surface area contributed by atoms with Crippen molar-refractivity contribution >= 4 is 126 Å². The number of fused-ring (bicyclic) bond motifs is 2. The lowest BCUT2D eigenvalue weighted by Gasteiger charge is -2.20. The Labute approximate surface area is 173 Å². The molecule has 8 radical (unpaired) electrons. The Kier molecular flexibility index (Phi) is 3.62. The molecule has 0 saturated carbocycles. The molecule has 0 atom stereocenters. The van der Waals surface area contributed by atoms with Crippen LogP contribution in [0.25, 0.3) is 43.1 Å². The van der Waals surface area contributed by atoms with Gasteiger partial charge in [0.2, 0.25) is 0 Å². The summed E-state index contributed by atoms with van der Waals surface area (Å²) in [6.45, 7) is 0. The molecular weight excluding hydrogens is 348 g/mol. The third kappa shape index (κ3) is 1.99. The maximum atomic E-state index is 2.89. The first-order valence-electron chi connectivity index (χ1n) is 7.80. The molecule has 4 heteroatoms. The molecular formula is C20H8Al4. The lowest BCUT2D eigenvalue weighted by atomic mass is 9.89. The van der Waals surface area contributed by atoms with Crippen LogP contribution >= 0.6 is 0 Å². The van der Waals surface area contributed by atoms with Crippen molar-refractivity contribution in [2.24, 2.45) is 0 Å². The molecule has 24 heavy (non-hydrogen) atoms. The van der Waals surface area contributed by atoms with Gasteiger partial charge in [0, 0.05) is 0 Å². The zero-order chi connectivity index (χ0) is 16.6. The van der Waals surface area contributed by atoms with Crippen molar-refractivity contribution in [3.8, 4) is 0 Å². The van der Waals surface area contributed by atoms with Gasteiger partial charge in [-0.05, 0) is 43.1 Å². The van der Waals surface area contributed by atoms with Crippen molar-refractivity contribution in [3.05, 3.63) is 48.5 Å². The Morgan fingerprint density at radius 1 is 0.333 bits per heavy atom. The van der Waals surface area contributed by atoms with Crippen molar-refractivity contribution in [1.29, 1.82) is 0 Å². The topological polar surface area (TPSA) is 0 Å². The lowest BCUT2D eigenvalue weighted by Crippen LogP contribution is -2.17. The lowest BCUT2D eigenvalue weighted by molar-refractivity contribution is 1.86. The van der Waals surface area contributed by atoms with Gasteiger partial charge in [0.25, 0.3) is 0 Å². The summed E-state index contributed by atoms with van der Waals surface area (Å²) in [5, 5.41) is 10.8. The largest absolute Gasteiger partial charge is 0.176 e. The van der Waals surface area contributed by atoms with Crippen LogP contribution in [0.2, 0.25) is 0 Å². The van der Waals surface area contributed by atoms with E-state index in [1.165, 1.54) is 60.8 Å². The van der Waals surface area contributed by atoms with E-state index in [9.17, 15) is 0 Å². The van der Waals surface area contributed by atoms with Crippen LogP contribution in [0.1, 0.15) is 0 Å². The molecule has 5 aromatic carbocycles. The molecule has 0 nitrogen and oxygen atoms in total. The molecule has 0 saturated heterocycles. The molecule has 0 aliphatic rings. The van der Waals surface area contributed by atoms with Crippen LogP contribution in [-0.2, 0) is 0 Å². The number of benzene rings is 5. The molecule has 0 heterocycles. The van der Waals surface area contributed by atoms with Gasteiger partial charge >= 0.3 is 0 Å². The molecule has 0 N–H and O–H groups in total. The van der Waals surface area contributed by atoms with Crippen LogP contribution in [0.15, 0.2) is 48.5 Å². The fraction of sp³-hybridized carbons (Fsp3) is 0. The van der Waals surface area contributed by atoms with E-state index < -0.39 is 0 Å². The van der Waals surface area contributed by atoms with Crippen molar-refractivity contribution in [2.45, 2.75) is 0 Å². The molecule has 0 aliphatic heterocycles. The summed E-state index contributed by atoms with van der Waals surface area (Å²) in [6.07, 6.45) is 0. The second kappa shape index (κ2) is 5.51. The zero-order valence-electron chi connectivity index (χ0n) is 12.9. The average molecular weight is 356 g/mol. The summed E-state index contributed by atoms with van der Waals surface area (Å²) < 4.78 is 5.02. The normalized spacial score (nSPS) is 12.0. The summed E-state index contributed by atoms with van der Waals surface area (Å²) in [6, 6.07) is 18.0. The third-order valence-electron chi connectivity index (χ3n) is 5.03. The molecule has 0 spiro atoms. The predicted octanol–water partition coefficient (Wildman–Crippen LogP) is 0.912. The summed E-state index contributed by atoms with van der Waals surface area (Å²) >= 11 is 11.6. The monoisotopic (exact) mass is 356 g/mol. The minimum atomic E-state index is 1.26. The SMILES string of the molecule is [Al][c]1ccc2c3cc[c]([Al])c4[c]([Al])ccc(c5cc[c]([Al])c1c25)c43. The summed E-state index contributed by atoms with van der Waals surface area (Å²) in [4.78, 5) is 0. The van der Waals surface area contributed by atoms with Gasteiger partial charge in [-0.25, -0.2) is 0 Å². The van der Waals surface area contributed by atoms with Crippen LogP contribution < -0.4 is 17.7 Å². The zero-order valence-corrected chi connectivity index (χ0v) is 17.5. The highest BCUT2D eigenvalue weighted by atomic mass is 27.1. The van der Waals surface area contributed by atoms with Gasteiger partial charge in [0.1, 0.15) is 0 Å². The first-order valence-corrected chi connectivity index (χ1v) is 10.1. The first kappa shape index (κ1) is 15.8. The minimum Gasteiger partial charge on any atom is -0.133 e. The van der Waals surface area contributed by atoms with E-state index in [0.29, 0.717) is 0 Å². The van der Waals surface area contributed by atoms with E-state index in [1.807, 2.05) is 0 Å². The molecule has 0 amide bonds. The van der Waals surface area contributed by atoms with E-state index in [0.717, 1.165) is 0 Å². The van der Waals surface area contributed by atoms with Crippen molar-refractivity contribution in [3.63, 3.8) is 0 Å². The molecule has 0 aromatic heterocycles. The Balaban J connectivity index is 2.26. The van der Waals surface area contributed by atoms with Gasteiger partial charge < -0.3 is 0 Å². The van der Waals surface area contributed by atoms with Gasteiger partial charge in [-0.2, -0.15) is 0 Å². The van der Waals surface area contributed by atoms with Crippen LogP contribution in [0.4, 0.5) is 0 Å². The highest BCUT2D eigenvalue weighted by Crippen LogP contribution is 2.37. The predicted molar refractivity (Wildman–Crippen MR) is 109 cm³/mol. The molecule has 5 rings (SSSR count). The second-order valence-electron chi connectivity index (χ2n) is 6.31. The highest BCUT2D eigenvalue weighted by molar-refractivity contribution is 6.54. The van der Waals surface area contributed by atoms with E-state index >= 15 is 0 Å². The maximum absolute atomic E-state index is 2.89.